The van der Waals surface area contributed by atoms with Crippen LogP contribution < -0.4 is 5.56 Å². The number of aromatic nitrogens is 2. The number of aryl methyl sites for hydroxylation is 1. The Morgan fingerprint density at radius 3 is 2.67 bits per heavy atom. The molecule has 0 amide bonds. The van der Waals surface area contributed by atoms with Crippen molar-refractivity contribution in [1.82, 2.24) is 9.78 Å². The number of hydrogen-bond donors (Lipinski definition) is 1. The Balaban J connectivity index is 3.42. The van der Waals surface area contributed by atoms with Crippen molar-refractivity contribution in [2.75, 3.05) is 0 Å². The maximum absolute atomic E-state index is 11.5. The normalized spacial score (nSPS) is 14.6. The Bertz CT molecular complexity index is 439. The minimum absolute atomic E-state index is 0.304. The minimum Gasteiger partial charge on any atom is -0.479 e. The summed E-state index contributed by atoms with van der Waals surface area (Å²) in [6.07, 6.45) is 0.304. The maximum Gasteiger partial charge on any atom is 0.331 e. The highest BCUT2D eigenvalue weighted by molar-refractivity contribution is 5.75. The first kappa shape index (κ1) is 11.4. The van der Waals surface area contributed by atoms with E-state index in [1.807, 2.05) is 0 Å². The van der Waals surface area contributed by atoms with E-state index in [0.717, 1.165) is 4.68 Å². The lowest BCUT2D eigenvalue weighted by atomic mass is 9.99. The Hall–Kier alpha value is -1.65. The van der Waals surface area contributed by atoms with Crippen LogP contribution in [0.3, 0.4) is 0 Å². The summed E-state index contributed by atoms with van der Waals surface area (Å²) in [4.78, 5) is 22.6. The molecule has 5 nitrogen and oxygen atoms in total. The molecular formula is C10H14N2O3. The molecule has 1 aromatic rings. The molecule has 0 radical (unpaired) electrons. The summed E-state index contributed by atoms with van der Waals surface area (Å²) < 4.78 is 1.03. The highest BCUT2D eigenvalue weighted by atomic mass is 16.4. The molecule has 0 aromatic carbocycles. The van der Waals surface area contributed by atoms with E-state index >= 15 is 0 Å². The van der Waals surface area contributed by atoms with Crippen LogP contribution in [0.25, 0.3) is 0 Å². The predicted molar refractivity (Wildman–Crippen MR) is 54.8 cm³/mol. The van der Waals surface area contributed by atoms with Crippen LogP contribution in [0, 0.1) is 6.92 Å². The summed E-state index contributed by atoms with van der Waals surface area (Å²) in [5.74, 6) is -1.05. The average Bonchev–Trinajstić information content (AvgIpc) is 2.20. The van der Waals surface area contributed by atoms with Crippen molar-refractivity contribution in [3.05, 3.63) is 28.2 Å². The van der Waals surface area contributed by atoms with E-state index in [4.69, 9.17) is 5.11 Å². The van der Waals surface area contributed by atoms with Gasteiger partial charge in [-0.15, -0.1) is 0 Å². The van der Waals surface area contributed by atoms with Crippen LogP contribution in [-0.4, -0.2) is 20.9 Å². The first-order valence-corrected chi connectivity index (χ1v) is 4.72. The Labute approximate surface area is 87.4 Å². The van der Waals surface area contributed by atoms with Gasteiger partial charge in [-0.3, -0.25) is 4.79 Å². The van der Waals surface area contributed by atoms with Crippen molar-refractivity contribution in [3.8, 4) is 0 Å². The van der Waals surface area contributed by atoms with Gasteiger partial charge in [0.15, 0.2) is 5.54 Å². The highest BCUT2D eigenvalue weighted by Gasteiger charge is 2.35. The molecule has 0 bridgehead atoms. The van der Waals surface area contributed by atoms with E-state index in [0.29, 0.717) is 12.1 Å². The van der Waals surface area contributed by atoms with Gasteiger partial charge in [0, 0.05) is 6.07 Å². The summed E-state index contributed by atoms with van der Waals surface area (Å²) >= 11 is 0. The largest absolute Gasteiger partial charge is 0.479 e. The smallest absolute Gasteiger partial charge is 0.331 e. The highest BCUT2D eigenvalue weighted by Crippen LogP contribution is 2.17. The molecular weight excluding hydrogens is 196 g/mol. The van der Waals surface area contributed by atoms with Crippen molar-refractivity contribution >= 4 is 5.97 Å². The summed E-state index contributed by atoms with van der Waals surface area (Å²) in [5, 5.41) is 13.1. The van der Waals surface area contributed by atoms with Crippen molar-refractivity contribution in [2.24, 2.45) is 0 Å². The van der Waals surface area contributed by atoms with Gasteiger partial charge >= 0.3 is 5.97 Å². The quantitative estimate of drug-likeness (QED) is 0.799. The number of carboxylic acid groups (broad SMARTS) is 1. The van der Waals surface area contributed by atoms with Gasteiger partial charge in [0.05, 0.1) is 5.69 Å². The molecule has 1 rings (SSSR count). The van der Waals surface area contributed by atoms with Crippen LogP contribution in [0.1, 0.15) is 26.0 Å². The molecule has 0 saturated heterocycles. The van der Waals surface area contributed by atoms with E-state index in [-0.39, 0.29) is 0 Å². The van der Waals surface area contributed by atoms with Gasteiger partial charge in [-0.1, -0.05) is 6.92 Å². The molecule has 0 aliphatic carbocycles. The number of rotatable bonds is 3. The van der Waals surface area contributed by atoms with E-state index < -0.39 is 17.1 Å². The fraction of sp³-hybridized carbons (Fsp3) is 0.500. The topological polar surface area (TPSA) is 72.2 Å². The standard InChI is InChI=1S/C10H14N2O3/c1-4-10(3,9(14)15)12-8(13)6-5-7(2)11-12/h5-6H,4H2,1-3H3,(H,14,15). The van der Waals surface area contributed by atoms with Crippen molar-refractivity contribution in [3.63, 3.8) is 0 Å². The van der Waals surface area contributed by atoms with Gasteiger partial charge in [-0.25, -0.2) is 9.48 Å². The van der Waals surface area contributed by atoms with Gasteiger partial charge in [0.2, 0.25) is 0 Å². The van der Waals surface area contributed by atoms with Crippen LogP contribution in [-0.2, 0) is 10.3 Å². The fourth-order valence-corrected chi connectivity index (χ4v) is 1.25. The van der Waals surface area contributed by atoms with E-state index in [9.17, 15) is 9.59 Å². The Morgan fingerprint density at radius 1 is 1.60 bits per heavy atom. The molecule has 0 spiro atoms. The van der Waals surface area contributed by atoms with E-state index in [1.165, 1.54) is 13.0 Å². The van der Waals surface area contributed by atoms with Gasteiger partial charge in [0.1, 0.15) is 0 Å². The Morgan fingerprint density at radius 2 is 2.20 bits per heavy atom. The zero-order valence-electron chi connectivity index (χ0n) is 9.02. The minimum atomic E-state index is -1.27. The molecule has 0 saturated carbocycles. The lowest BCUT2D eigenvalue weighted by Crippen LogP contribution is -2.46. The lowest BCUT2D eigenvalue weighted by molar-refractivity contribution is -0.147. The molecule has 1 aromatic heterocycles. The van der Waals surface area contributed by atoms with E-state index in [2.05, 4.69) is 5.10 Å². The SMILES string of the molecule is CCC(C)(C(=O)O)n1nc(C)ccc1=O. The van der Waals surface area contributed by atoms with Crippen molar-refractivity contribution in [1.29, 1.82) is 0 Å². The van der Waals surface area contributed by atoms with Crippen molar-refractivity contribution < 1.29 is 9.90 Å². The van der Waals surface area contributed by atoms with Crippen LogP contribution in [0.5, 0.6) is 0 Å². The van der Waals surface area contributed by atoms with E-state index in [1.54, 1.807) is 19.9 Å². The second kappa shape index (κ2) is 3.84. The number of nitrogens with zero attached hydrogens (tertiary/aromatic N) is 2. The summed E-state index contributed by atoms with van der Waals surface area (Å²) in [7, 11) is 0. The first-order chi connectivity index (χ1) is 6.91. The molecule has 0 fully saturated rings. The zero-order valence-corrected chi connectivity index (χ0v) is 9.02. The monoisotopic (exact) mass is 210 g/mol. The molecule has 0 aliphatic rings. The maximum atomic E-state index is 11.5. The summed E-state index contributed by atoms with van der Waals surface area (Å²) in [5.41, 5.74) is -1.05. The Kier molecular flexibility index (Phi) is 2.93. The third-order valence-electron chi connectivity index (χ3n) is 2.55. The molecule has 5 heteroatoms. The molecule has 0 aliphatic heterocycles. The summed E-state index contributed by atoms with van der Waals surface area (Å²) in [6, 6.07) is 2.90. The number of hydrogen-bond acceptors (Lipinski definition) is 3. The van der Waals surface area contributed by atoms with Gasteiger partial charge in [-0.2, -0.15) is 5.10 Å². The summed E-state index contributed by atoms with van der Waals surface area (Å²) in [6.45, 7) is 4.92. The average molecular weight is 210 g/mol. The second-order valence-corrected chi connectivity index (χ2v) is 3.66. The van der Waals surface area contributed by atoms with Crippen LogP contribution in [0.4, 0.5) is 0 Å². The number of carbonyl (C=O) groups is 1. The molecule has 1 atom stereocenters. The number of carboxylic acids is 1. The second-order valence-electron chi connectivity index (χ2n) is 3.66. The van der Waals surface area contributed by atoms with Crippen LogP contribution >= 0.6 is 0 Å². The van der Waals surface area contributed by atoms with Crippen LogP contribution in [0.2, 0.25) is 0 Å². The fourth-order valence-electron chi connectivity index (χ4n) is 1.25. The van der Waals surface area contributed by atoms with Gasteiger partial charge in [0.25, 0.3) is 5.56 Å². The molecule has 82 valence electrons. The first-order valence-electron chi connectivity index (χ1n) is 4.72. The molecule has 15 heavy (non-hydrogen) atoms. The zero-order chi connectivity index (χ0) is 11.6. The molecule has 1 unspecified atom stereocenters. The molecule has 1 N–H and O–H groups in total. The van der Waals surface area contributed by atoms with Crippen LogP contribution in [0.15, 0.2) is 16.9 Å². The predicted octanol–water partition coefficient (Wildman–Crippen LogP) is 0.762. The van der Waals surface area contributed by atoms with Gasteiger partial charge in [-0.05, 0) is 26.3 Å². The van der Waals surface area contributed by atoms with Gasteiger partial charge < -0.3 is 5.11 Å². The third-order valence-corrected chi connectivity index (χ3v) is 2.55. The lowest BCUT2D eigenvalue weighted by Gasteiger charge is -2.24. The molecule has 1 heterocycles. The van der Waals surface area contributed by atoms with Crippen molar-refractivity contribution in [2.45, 2.75) is 32.7 Å². The third kappa shape index (κ3) is 1.91. The number of aliphatic carboxylic acids is 1.